The highest BCUT2D eigenvalue weighted by Gasteiger charge is 2.45. The molecule has 0 aromatic rings. The van der Waals surface area contributed by atoms with Crippen molar-refractivity contribution in [3.63, 3.8) is 0 Å². The van der Waals surface area contributed by atoms with E-state index in [-0.39, 0.29) is 13.0 Å². The summed E-state index contributed by atoms with van der Waals surface area (Å²) in [6.07, 6.45) is -4.64. The number of rotatable bonds is 1. The predicted molar refractivity (Wildman–Crippen MR) is 33.6 cm³/mol. The second kappa shape index (κ2) is 2.93. The standard InChI is InChI=1S/C6H8F3NO2/c7-6(8,9)3-1-4(5(11)12)10-2-3/h3-4,10H,1-2H2,(H,11,12)/t3-,4-/m0/s1. The normalized spacial score (nSPS) is 30.6. The Kier molecular flexibility index (Phi) is 2.27. The molecule has 1 aliphatic rings. The summed E-state index contributed by atoms with van der Waals surface area (Å²) >= 11 is 0. The molecule has 2 N–H and O–H groups in total. The lowest BCUT2D eigenvalue weighted by molar-refractivity contribution is -0.169. The first-order valence-corrected chi connectivity index (χ1v) is 3.44. The molecule has 0 radical (unpaired) electrons. The van der Waals surface area contributed by atoms with Crippen molar-refractivity contribution in [3.8, 4) is 0 Å². The van der Waals surface area contributed by atoms with Crippen molar-refractivity contribution in [2.24, 2.45) is 5.92 Å². The summed E-state index contributed by atoms with van der Waals surface area (Å²) < 4.78 is 35.9. The summed E-state index contributed by atoms with van der Waals surface area (Å²) in [6.45, 7) is -0.291. The Labute approximate surface area is 66.6 Å². The minimum Gasteiger partial charge on any atom is -0.480 e. The number of alkyl halides is 3. The maximum atomic E-state index is 12.0. The smallest absolute Gasteiger partial charge is 0.393 e. The lowest BCUT2D eigenvalue weighted by atomic mass is 10.1. The van der Waals surface area contributed by atoms with Crippen molar-refractivity contribution in [2.45, 2.75) is 18.6 Å². The van der Waals surface area contributed by atoms with Gasteiger partial charge < -0.3 is 10.4 Å². The Morgan fingerprint density at radius 1 is 1.50 bits per heavy atom. The number of aliphatic carboxylic acids is 1. The third-order valence-electron chi connectivity index (χ3n) is 1.89. The van der Waals surface area contributed by atoms with Gasteiger partial charge in [0, 0.05) is 6.54 Å². The van der Waals surface area contributed by atoms with Crippen LogP contribution in [0.25, 0.3) is 0 Å². The molecule has 12 heavy (non-hydrogen) atoms. The zero-order valence-corrected chi connectivity index (χ0v) is 6.06. The molecule has 0 amide bonds. The number of carboxylic acids is 1. The summed E-state index contributed by atoms with van der Waals surface area (Å²) in [5, 5.41) is 10.7. The Morgan fingerprint density at radius 3 is 2.33 bits per heavy atom. The summed E-state index contributed by atoms with van der Waals surface area (Å²) in [5.74, 6) is -2.74. The first kappa shape index (κ1) is 9.31. The van der Waals surface area contributed by atoms with Gasteiger partial charge >= 0.3 is 12.1 Å². The maximum Gasteiger partial charge on any atom is 0.393 e. The van der Waals surface area contributed by atoms with E-state index >= 15 is 0 Å². The number of hydrogen-bond donors (Lipinski definition) is 2. The molecule has 0 aromatic carbocycles. The van der Waals surface area contributed by atoms with Crippen molar-refractivity contribution in [3.05, 3.63) is 0 Å². The van der Waals surface area contributed by atoms with E-state index in [0.29, 0.717) is 0 Å². The molecule has 0 saturated carbocycles. The summed E-state index contributed by atoms with van der Waals surface area (Å²) in [5.41, 5.74) is 0. The first-order valence-electron chi connectivity index (χ1n) is 3.44. The van der Waals surface area contributed by atoms with Gasteiger partial charge in [-0.15, -0.1) is 0 Å². The fourth-order valence-corrected chi connectivity index (χ4v) is 1.17. The highest BCUT2D eigenvalue weighted by Crippen LogP contribution is 2.32. The lowest BCUT2D eigenvalue weighted by Crippen LogP contribution is -2.30. The lowest BCUT2D eigenvalue weighted by Gasteiger charge is -2.12. The Morgan fingerprint density at radius 2 is 2.08 bits per heavy atom. The number of carboxylic acid groups (broad SMARTS) is 1. The molecule has 0 aliphatic carbocycles. The highest BCUT2D eigenvalue weighted by atomic mass is 19.4. The third-order valence-corrected chi connectivity index (χ3v) is 1.89. The summed E-state index contributed by atoms with van der Waals surface area (Å²) in [4.78, 5) is 10.2. The van der Waals surface area contributed by atoms with Crippen LogP contribution in [-0.4, -0.2) is 29.8 Å². The Bertz CT molecular complexity index is 192. The van der Waals surface area contributed by atoms with Crippen molar-refractivity contribution >= 4 is 5.97 Å². The monoisotopic (exact) mass is 183 g/mol. The SMILES string of the molecule is O=C(O)[C@@H]1C[C@H](C(F)(F)F)CN1. The molecule has 2 atom stereocenters. The second-order valence-electron chi connectivity index (χ2n) is 2.77. The van der Waals surface area contributed by atoms with E-state index in [2.05, 4.69) is 5.32 Å². The largest absolute Gasteiger partial charge is 0.480 e. The number of carbonyl (C=O) groups is 1. The van der Waals surface area contributed by atoms with Crippen LogP contribution in [0.3, 0.4) is 0 Å². The van der Waals surface area contributed by atoms with Gasteiger partial charge in [-0.1, -0.05) is 0 Å². The Hall–Kier alpha value is -0.780. The molecule has 1 heterocycles. The van der Waals surface area contributed by atoms with E-state index in [0.717, 1.165) is 0 Å². The van der Waals surface area contributed by atoms with Gasteiger partial charge in [0.15, 0.2) is 0 Å². The van der Waals surface area contributed by atoms with Gasteiger partial charge in [-0.2, -0.15) is 13.2 Å². The molecule has 0 aromatic heterocycles. The summed E-state index contributed by atoms with van der Waals surface area (Å²) in [6, 6.07) is -1.04. The quantitative estimate of drug-likeness (QED) is 0.626. The average Bonchev–Trinajstić information content (AvgIpc) is 2.30. The van der Waals surface area contributed by atoms with Gasteiger partial charge in [0.1, 0.15) is 6.04 Å². The molecule has 1 saturated heterocycles. The van der Waals surface area contributed by atoms with E-state index in [1.807, 2.05) is 0 Å². The van der Waals surface area contributed by atoms with Crippen molar-refractivity contribution in [1.29, 1.82) is 0 Å². The number of hydrogen-bond acceptors (Lipinski definition) is 2. The zero-order valence-electron chi connectivity index (χ0n) is 6.06. The van der Waals surface area contributed by atoms with Gasteiger partial charge in [0.25, 0.3) is 0 Å². The van der Waals surface area contributed by atoms with Crippen molar-refractivity contribution < 1.29 is 23.1 Å². The molecule has 0 bridgehead atoms. The molecular formula is C6H8F3NO2. The van der Waals surface area contributed by atoms with Crippen molar-refractivity contribution in [2.75, 3.05) is 6.54 Å². The summed E-state index contributed by atoms with van der Waals surface area (Å²) in [7, 11) is 0. The van der Waals surface area contributed by atoms with Crippen LogP contribution in [0.5, 0.6) is 0 Å². The molecule has 3 nitrogen and oxygen atoms in total. The minimum atomic E-state index is -4.28. The molecule has 1 fully saturated rings. The third kappa shape index (κ3) is 1.88. The molecular weight excluding hydrogens is 175 g/mol. The van der Waals surface area contributed by atoms with Crippen LogP contribution in [0.2, 0.25) is 0 Å². The first-order chi connectivity index (χ1) is 5.41. The molecule has 1 aliphatic heterocycles. The van der Waals surface area contributed by atoms with E-state index < -0.39 is 24.1 Å². The van der Waals surface area contributed by atoms with Gasteiger partial charge in [0.05, 0.1) is 5.92 Å². The Balaban J connectivity index is 2.51. The van der Waals surface area contributed by atoms with Crippen LogP contribution < -0.4 is 5.32 Å². The topological polar surface area (TPSA) is 49.3 Å². The number of nitrogens with one attached hydrogen (secondary N) is 1. The highest BCUT2D eigenvalue weighted by molar-refractivity contribution is 5.73. The van der Waals surface area contributed by atoms with E-state index in [1.165, 1.54) is 0 Å². The fourth-order valence-electron chi connectivity index (χ4n) is 1.17. The molecule has 0 spiro atoms. The molecule has 0 unspecified atom stereocenters. The van der Waals surface area contributed by atoms with Gasteiger partial charge in [0.2, 0.25) is 0 Å². The molecule has 70 valence electrons. The van der Waals surface area contributed by atoms with Crippen LogP contribution in [0.1, 0.15) is 6.42 Å². The number of halogens is 3. The van der Waals surface area contributed by atoms with Crippen LogP contribution in [0.15, 0.2) is 0 Å². The van der Waals surface area contributed by atoms with E-state index in [9.17, 15) is 18.0 Å². The van der Waals surface area contributed by atoms with Gasteiger partial charge in [-0.3, -0.25) is 4.79 Å². The predicted octanol–water partition coefficient (Wildman–Crippen LogP) is 0.611. The molecule has 1 rings (SSSR count). The molecule has 6 heteroatoms. The van der Waals surface area contributed by atoms with Crippen LogP contribution in [0, 0.1) is 5.92 Å². The van der Waals surface area contributed by atoms with Crippen LogP contribution in [0.4, 0.5) is 13.2 Å². The van der Waals surface area contributed by atoms with E-state index in [1.54, 1.807) is 0 Å². The van der Waals surface area contributed by atoms with Crippen LogP contribution >= 0.6 is 0 Å². The van der Waals surface area contributed by atoms with Gasteiger partial charge in [-0.05, 0) is 6.42 Å². The van der Waals surface area contributed by atoms with Crippen molar-refractivity contribution in [1.82, 2.24) is 5.32 Å². The zero-order chi connectivity index (χ0) is 9.35. The maximum absolute atomic E-state index is 12.0. The fraction of sp³-hybridized carbons (Fsp3) is 0.833. The second-order valence-corrected chi connectivity index (χ2v) is 2.77. The van der Waals surface area contributed by atoms with Gasteiger partial charge in [-0.25, -0.2) is 0 Å². The average molecular weight is 183 g/mol. The minimum absolute atomic E-state index is 0.291. The van der Waals surface area contributed by atoms with Crippen LogP contribution in [-0.2, 0) is 4.79 Å². The van der Waals surface area contributed by atoms with E-state index in [4.69, 9.17) is 5.11 Å².